The van der Waals surface area contributed by atoms with Gasteiger partial charge in [0.15, 0.2) is 0 Å². The predicted octanol–water partition coefficient (Wildman–Crippen LogP) is 2.27. The maximum atomic E-state index is 12.4. The third kappa shape index (κ3) is 5.03. The molecule has 1 aliphatic heterocycles. The topological polar surface area (TPSA) is 123 Å². The van der Waals surface area contributed by atoms with E-state index in [-0.39, 0.29) is 23.5 Å². The van der Waals surface area contributed by atoms with Crippen LogP contribution in [0.5, 0.6) is 0 Å². The van der Waals surface area contributed by atoms with Gasteiger partial charge in [-0.25, -0.2) is 4.79 Å². The van der Waals surface area contributed by atoms with E-state index in [2.05, 4.69) is 15.5 Å². The molecule has 2 N–H and O–H groups in total. The minimum Gasteiger partial charge on any atom is -0.465 e. The number of methoxy groups -OCH3 is 1. The van der Waals surface area contributed by atoms with E-state index in [1.54, 1.807) is 24.3 Å². The summed E-state index contributed by atoms with van der Waals surface area (Å²) >= 11 is 0. The molecule has 0 bridgehead atoms. The van der Waals surface area contributed by atoms with E-state index in [0.717, 1.165) is 5.69 Å². The fourth-order valence-corrected chi connectivity index (χ4v) is 3.09. The van der Waals surface area contributed by atoms with Gasteiger partial charge in [-0.05, 0) is 24.3 Å². The number of nitrogens with zero attached hydrogens (tertiary/aromatic N) is 2. The first-order valence-electron chi connectivity index (χ1n) is 9.32. The lowest BCUT2D eigenvalue weighted by atomic mass is 10.1. The number of nitro groups is 1. The smallest absolute Gasteiger partial charge is 0.340 e. The quantitative estimate of drug-likeness (QED) is 0.402. The number of rotatable bonds is 7. The van der Waals surface area contributed by atoms with E-state index in [0.29, 0.717) is 32.0 Å². The number of hydrogen-bond donors (Lipinski definition) is 2. The Morgan fingerprint density at radius 2 is 1.90 bits per heavy atom. The summed E-state index contributed by atoms with van der Waals surface area (Å²) in [5, 5.41) is 16.5. The molecular weight excluding hydrogens is 392 g/mol. The van der Waals surface area contributed by atoms with Crippen LogP contribution < -0.4 is 15.5 Å². The van der Waals surface area contributed by atoms with Gasteiger partial charge in [0.1, 0.15) is 5.69 Å². The molecule has 0 aromatic heterocycles. The Balaban J connectivity index is 1.72. The molecule has 158 valence electrons. The summed E-state index contributed by atoms with van der Waals surface area (Å²) in [6.45, 7) is 2.39. The summed E-state index contributed by atoms with van der Waals surface area (Å²) < 4.78 is 10.2. The molecule has 1 aliphatic rings. The summed E-state index contributed by atoms with van der Waals surface area (Å²) in [5.74, 6) is -1.04. The summed E-state index contributed by atoms with van der Waals surface area (Å²) in [6.07, 6.45) is 0. The molecule has 0 saturated carbocycles. The molecule has 30 heavy (non-hydrogen) atoms. The highest BCUT2D eigenvalue weighted by molar-refractivity contribution is 6.03. The zero-order valence-electron chi connectivity index (χ0n) is 16.4. The standard InChI is InChI=1S/C20H22N4O6/c1-29-20(26)15-12-14(23-8-10-30-11-9-23)6-7-16(15)22-19(25)13-21-17-4-2-3-5-18(17)24(27)28/h2-7,12,21H,8-11,13H2,1H3,(H,22,25). The first-order valence-corrected chi connectivity index (χ1v) is 9.32. The molecule has 2 aromatic carbocycles. The fourth-order valence-electron chi connectivity index (χ4n) is 3.09. The third-order valence-corrected chi connectivity index (χ3v) is 4.60. The van der Waals surface area contributed by atoms with Crippen LogP contribution in [0.4, 0.5) is 22.7 Å². The van der Waals surface area contributed by atoms with Gasteiger partial charge in [-0.3, -0.25) is 14.9 Å². The molecule has 0 unspecified atom stereocenters. The lowest BCUT2D eigenvalue weighted by Gasteiger charge is -2.29. The molecule has 1 heterocycles. The number of morpholine rings is 1. The number of anilines is 3. The van der Waals surface area contributed by atoms with Crippen LogP contribution in [-0.4, -0.2) is 56.8 Å². The highest BCUT2D eigenvalue weighted by Gasteiger charge is 2.19. The SMILES string of the molecule is COC(=O)c1cc(N2CCOCC2)ccc1NC(=O)CNc1ccccc1[N+](=O)[O-]. The maximum Gasteiger partial charge on any atom is 0.340 e. The second-order valence-corrected chi connectivity index (χ2v) is 6.50. The van der Waals surface area contributed by atoms with Gasteiger partial charge >= 0.3 is 5.97 Å². The van der Waals surface area contributed by atoms with Crippen molar-refractivity contribution in [2.24, 2.45) is 0 Å². The van der Waals surface area contributed by atoms with Gasteiger partial charge in [0.25, 0.3) is 5.69 Å². The van der Waals surface area contributed by atoms with Gasteiger partial charge in [0, 0.05) is 24.8 Å². The van der Waals surface area contributed by atoms with Crippen molar-refractivity contribution in [2.75, 3.05) is 55.5 Å². The van der Waals surface area contributed by atoms with E-state index in [1.807, 2.05) is 6.07 Å². The zero-order valence-corrected chi connectivity index (χ0v) is 16.4. The summed E-state index contributed by atoms with van der Waals surface area (Å²) in [4.78, 5) is 37.3. The van der Waals surface area contributed by atoms with Crippen molar-refractivity contribution in [1.82, 2.24) is 0 Å². The Morgan fingerprint density at radius 3 is 2.60 bits per heavy atom. The number of benzene rings is 2. The second-order valence-electron chi connectivity index (χ2n) is 6.50. The molecule has 1 fully saturated rings. The van der Waals surface area contributed by atoms with E-state index in [9.17, 15) is 19.7 Å². The summed E-state index contributed by atoms with van der Waals surface area (Å²) in [5.41, 5.74) is 1.45. The van der Waals surface area contributed by atoms with E-state index in [1.165, 1.54) is 19.2 Å². The van der Waals surface area contributed by atoms with Crippen molar-refractivity contribution in [1.29, 1.82) is 0 Å². The number of carbonyl (C=O) groups excluding carboxylic acids is 2. The van der Waals surface area contributed by atoms with Crippen molar-refractivity contribution in [3.8, 4) is 0 Å². The zero-order chi connectivity index (χ0) is 21.5. The Labute approximate surface area is 172 Å². The second kappa shape index (κ2) is 9.70. The van der Waals surface area contributed by atoms with Gasteiger partial charge in [-0.1, -0.05) is 12.1 Å². The number of ether oxygens (including phenoxy) is 2. The number of carbonyl (C=O) groups is 2. The van der Waals surface area contributed by atoms with Crippen LogP contribution in [0.25, 0.3) is 0 Å². The van der Waals surface area contributed by atoms with Crippen molar-refractivity contribution in [2.45, 2.75) is 0 Å². The molecule has 3 rings (SSSR count). The minimum atomic E-state index is -0.577. The molecule has 0 atom stereocenters. The number of esters is 1. The number of amides is 1. The molecular formula is C20H22N4O6. The minimum absolute atomic E-state index is 0.129. The Morgan fingerprint density at radius 1 is 1.17 bits per heavy atom. The third-order valence-electron chi connectivity index (χ3n) is 4.60. The Bertz CT molecular complexity index is 943. The van der Waals surface area contributed by atoms with Crippen LogP contribution in [-0.2, 0) is 14.3 Å². The average molecular weight is 414 g/mol. The van der Waals surface area contributed by atoms with Gasteiger partial charge in [-0.15, -0.1) is 0 Å². The lowest BCUT2D eigenvalue weighted by molar-refractivity contribution is -0.383. The van der Waals surface area contributed by atoms with Crippen LogP contribution >= 0.6 is 0 Å². The van der Waals surface area contributed by atoms with Crippen LogP contribution in [0.2, 0.25) is 0 Å². The number of nitro benzene ring substituents is 1. The first-order chi connectivity index (χ1) is 14.5. The van der Waals surface area contributed by atoms with E-state index >= 15 is 0 Å². The predicted molar refractivity (Wildman–Crippen MR) is 111 cm³/mol. The number of para-hydroxylation sites is 2. The molecule has 2 aromatic rings. The van der Waals surface area contributed by atoms with Gasteiger partial charge in [-0.2, -0.15) is 0 Å². The normalized spacial score (nSPS) is 13.4. The van der Waals surface area contributed by atoms with Gasteiger partial charge < -0.3 is 25.0 Å². The monoisotopic (exact) mass is 414 g/mol. The van der Waals surface area contributed by atoms with Gasteiger partial charge in [0.05, 0.1) is 43.0 Å². The number of nitrogens with one attached hydrogen (secondary N) is 2. The number of hydrogen-bond acceptors (Lipinski definition) is 8. The molecule has 10 heteroatoms. The molecule has 0 aliphatic carbocycles. The Hall–Kier alpha value is -3.66. The molecule has 0 spiro atoms. The van der Waals surface area contributed by atoms with E-state index in [4.69, 9.17) is 9.47 Å². The molecule has 1 amide bonds. The van der Waals surface area contributed by atoms with Crippen molar-refractivity contribution < 1.29 is 24.0 Å². The van der Waals surface area contributed by atoms with Crippen LogP contribution in [0, 0.1) is 10.1 Å². The highest BCUT2D eigenvalue weighted by Crippen LogP contribution is 2.26. The Kier molecular flexibility index (Phi) is 6.81. The maximum absolute atomic E-state index is 12.4. The molecule has 1 saturated heterocycles. The van der Waals surface area contributed by atoms with Crippen LogP contribution in [0.1, 0.15) is 10.4 Å². The average Bonchev–Trinajstić information content (AvgIpc) is 2.78. The lowest BCUT2D eigenvalue weighted by Crippen LogP contribution is -2.36. The largest absolute Gasteiger partial charge is 0.465 e. The van der Waals surface area contributed by atoms with Crippen molar-refractivity contribution in [3.63, 3.8) is 0 Å². The fraction of sp³-hybridized carbons (Fsp3) is 0.300. The van der Waals surface area contributed by atoms with Crippen LogP contribution in [0.3, 0.4) is 0 Å². The van der Waals surface area contributed by atoms with Crippen molar-refractivity contribution >= 4 is 34.6 Å². The first kappa shape index (κ1) is 21.1. The summed E-state index contributed by atoms with van der Waals surface area (Å²) in [6, 6.07) is 11.2. The molecule has 10 nitrogen and oxygen atoms in total. The van der Waals surface area contributed by atoms with Gasteiger partial charge in [0.2, 0.25) is 5.91 Å². The van der Waals surface area contributed by atoms with Crippen molar-refractivity contribution in [3.05, 3.63) is 58.1 Å². The highest BCUT2D eigenvalue weighted by atomic mass is 16.6. The molecule has 0 radical (unpaired) electrons. The summed E-state index contributed by atoms with van der Waals surface area (Å²) in [7, 11) is 1.27. The van der Waals surface area contributed by atoms with E-state index < -0.39 is 16.8 Å². The van der Waals surface area contributed by atoms with Crippen LogP contribution in [0.15, 0.2) is 42.5 Å².